The summed E-state index contributed by atoms with van der Waals surface area (Å²) in [6, 6.07) is 3.11. The molecule has 0 amide bonds. The molecule has 1 aliphatic carbocycles. The molecule has 2 heterocycles. The van der Waals surface area contributed by atoms with E-state index in [2.05, 4.69) is 28.1 Å². The predicted molar refractivity (Wildman–Crippen MR) is 85.0 cm³/mol. The summed E-state index contributed by atoms with van der Waals surface area (Å²) in [5.74, 6) is 0.879. The number of likely N-dealkylation sites (tertiary alicyclic amines) is 2. The third kappa shape index (κ3) is 4.42. The molecule has 1 unspecified atom stereocenters. The van der Waals surface area contributed by atoms with Gasteiger partial charge in [0.2, 0.25) is 0 Å². The Kier molecular flexibility index (Phi) is 4.83. The number of nitrogens with zero attached hydrogens (tertiary/aromatic N) is 3. The van der Waals surface area contributed by atoms with Crippen molar-refractivity contribution in [3.05, 3.63) is 0 Å². The van der Waals surface area contributed by atoms with Crippen LogP contribution in [0.3, 0.4) is 0 Å². The molecule has 1 N–H and O–H groups in total. The maximum atomic E-state index is 9.49. The van der Waals surface area contributed by atoms with Gasteiger partial charge in [0.25, 0.3) is 0 Å². The van der Waals surface area contributed by atoms with Crippen LogP contribution in [0.5, 0.6) is 0 Å². The standard InChI is InChI=1S/C17H30N4/c1-17(13-18,19-16-4-5-16)14-21-10-6-15(7-11-21)12-20-8-2-3-9-20/h15-16,19H,2-12,14H2,1H3. The highest BCUT2D eigenvalue weighted by Gasteiger charge is 2.35. The third-order valence-electron chi connectivity index (χ3n) is 5.31. The molecule has 0 bridgehead atoms. The van der Waals surface area contributed by atoms with E-state index in [4.69, 9.17) is 0 Å². The average Bonchev–Trinajstić information content (AvgIpc) is 3.14. The van der Waals surface area contributed by atoms with Crippen LogP contribution >= 0.6 is 0 Å². The molecular formula is C17H30N4. The van der Waals surface area contributed by atoms with Gasteiger partial charge in [0.15, 0.2) is 0 Å². The van der Waals surface area contributed by atoms with E-state index in [9.17, 15) is 5.26 Å². The van der Waals surface area contributed by atoms with Gasteiger partial charge in [0, 0.05) is 19.1 Å². The first-order valence-electron chi connectivity index (χ1n) is 8.80. The van der Waals surface area contributed by atoms with Crippen molar-refractivity contribution in [1.29, 1.82) is 5.26 Å². The predicted octanol–water partition coefficient (Wildman–Crippen LogP) is 1.83. The van der Waals surface area contributed by atoms with E-state index in [1.165, 1.54) is 71.2 Å². The summed E-state index contributed by atoms with van der Waals surface area (Å²) in [6.45, 7) is 9.24. The maximum absolute atomic E-state index is 9.49. The minimum atomic E-state index is -0.358. The molecule has 1 atom stereocenters. The molecule has 4 heteroatoms. The number of hydrogen-bond donors (Lipinski definition) is 1. The molecule has 0 spiro atoms. The van der Waals surface area contributed by atoms with Crippen molar-refractivity contribution in [2.24, 2.45) is 5.92 Å². The van der Waals surface area contributed by atoms with Crippen LogP contribution in [-0.2, 0) is 0 Å². The second-order valence-electron chi connectivity index (χ2n) is 7.59. The summed E-state index contributed by atoms with van der Waals surface area (Å²) < 4.78 is 0. The Bertz CT molecular complexity index is 373. The van der Waals surface area contributed by atoms with Crippen molar-refractivity contribution in [1.82, 2.24) is 15.1 Å². The summed E-state index contributed by atoms with van der Waals surface area (Å²) >= 11 is 0. The van der Waals surface area contributed by atoms with Crippen LogP contribution < -0.4 is 5.32 Å². The lowest BCUT2D eigenvalue weighted by Gasteiger charge is -2.37. The minimum Gasteiger partial charge on any atom is -0.303 e. The Labute approximate surface area is 129 Å². The van der Waals surface area contributed by atoms with E-state index in [0.717, 1.165) is 12.5 Å². The fourth-order valence-electron chi connectivity index (χ4n) is 3.90. The van der Waals surface area contributed by atoms with Crippen LogP contribution in [0.2, 0.25) is 0 Å². The molecule has 21 heavy (non-hydrogen) atoms. The van der Waals surface area contributed by atoms with Crippen LogP contribution in [0, 0.1) is 17.2 Å². The second kappa shape index (κ2) is 6.64. The first-order valence-corrected chi connectivity index (χ1v) is 8.80. The zero-order valence-electron chi connectivity index (χ0n) is 13.5. The Hall–Kier alpha value is -0.630. The van der Waals surface area contributed by atoms with Crippen molar-refractivity contribution >= 4 is 0 Å². The van der Waals surface area contributed by atoms with E-state index < -0.39 is 0 Å². The Balaban J connectivity index is 1.41. The number of piperidine rings is 1. The van der Waals surface area contributed by atoms with Crippen LogP contribution in [0.15, 0.2) is 0 Å². The molecule has 0 aromatic heterocycles. The van der Waals surface area contributed by atoms with Gasteiger partial charge in [-0.3, -0.25) is 5.32 Å². The highest BCUT2D eigenvalue weighted by molar-refractivity contribution is 5.09. The van der Waals surface area contributed by atoms with Gasteiger partial charge in [-0.25, -0.2) is 0 Å². The zero-order chi connectivity index (χ0) is 14.7. The monoisotopic (exact) mass is 290 g/mol. The van der Waals surface area contributed by atoms with Gasteiger partial charge in [-0.1, -0.05) is 0 Å². The lowest BCUT2D eigenvalue weighted by atomic mass is 9.94. The Morgan fingerprint density at radius 3 is 2.29 bits per heavy atom. The molecular weight excluding hydrogens is 260 g/mol. The van der Waals surface area contributed by atoms with Crippen molar-refractivity contribution < 1.29 is 0 Å². The lowest BCUT2D eigenvalue weighted by molar-refractivity contribution is 0.134. The fourth-order valence-corrected chi connectivity index (χ4v) is 3.90. The van der Waals surface area contributed by atoms with Crippen LogP contribution in [-0.4, -0.2) is 60.6 Å². The van der Waals surface area contributed by atoms with Gasteiger partial charge in [-0.05, 0) is 77.5 Å². The Morgan fingerprint density at radius 2 is 1.71 bits per heavy atom. The van der Waals surface area contributed by atoms with E-state index in [0.29, 0.717) is 6.04 Å². The minimum absolute atomic E-state index is 0.358. The first-order chi connectivity index (χ1) is 10.2. The van der Waals surface area contributed by atoms with E-state index in [1.54, 1.807) is 0 Å². The number of rotatable bonds is 6. The van der Waals surface area contributed by atoms with E-state index in [-0.39, 0.29) is 5.54 Å². The summed E-state index contributed by atoms with van der Waals surface area (Å²) in [4.78, 5) is 5.15. The van der Waals surface area contributed by atoms with Gasteiger partial charge in [-0.15, -0.1) is 0 Å². The van der Waals surface area contributed by atoms with Crippen LogP contribution in [0.4, 0.5) is 0 Å². The van der Waals surface area contributed by atoms with Crippen LogP contribution in [0.25, 0.3) is 0 Å². The van der Waals surface area contributed by atoms with Crippen molar-refractivity contribution in [3.8, 4) is 6.07 Å². The molecule has 0 radical (unpaired) electrons. The number of nitrogens with one attached hydrogen (secondary N) is 1. The lowest BCUT2D eigenvalue weighted by Crippen LogP contribution is -2.53. The largest absolute Gasteiger partial charge is 0.303 e. The van der Waals surface area contributed by atoms with Gasteiger partial charge in [0.1, 0.15) is 5.54 Å². The molecule has 4 nitrogen and oxygen atoms in total. The van der Waals surface area contributed by atoms with E-state index in [1.807, 2.05) is 0 Å². The summed E-state index contributed by atoms with van der Waals surface area (Å²) in [5.41, 5.74) is -0.358. The summed E-state index contributed by atoms with van der Waals surface area (Å²) in [6.07, 6.45) is 7.89. The number of hydrogen-bond acceptors (Lipinski definition) is 4. The van der Waals surface area contributed by atoms with Gasteiger partial charge in [-0.2, -0.15) is 5.26 Å². The molecule has 118 valence electrons. The highest BCUT2D eigenvalue weighted by atomic mass is 15.2. The molecule has 3 fully saturated rings. The third-order valence-corrected chi connectivity index (χ3v) is 5.31. The van der Waals surface area contributed by atoms with Crippen LogP contribution in [0.1, 0.15) is 45.4 Å². The normalized spacial score (nSPS) is 28.4. The van der Waals surface area contributed by atoms with Gasteiger partial charge in [0.05, 0.1) is 6.07 Å². The SMILES string of the molecule is CC(C#N)(CN1CCC(CN2CCCC2)CC1)NC1CC1. The van der Waals surface area contributed by atoms with Crippen molar-refractivity contribution in [2.45, 2.75) is 57.0 Å². The summed E-state index contributed by atoms with van der Waals surface area (Å²) in [5, 5.41) is 13.0. The topological polar surface area (TPSA) is 42.3 Å². The molecule has 2 saturated heterocycles. The quantitative estimate of drug-likeness (QED) is 0.810. The smallest absolute Gasteiger partial charge is 0.116 e. The molecule has 0 aromatic carbocycles. The van der Waals surface area contributed by atoms with Gasteiger partial charge < -0.3 is 9.80 Å². The molecule has 3 aliphatic rings. The van der Waals surface area contributed by atoms with Crippen molar-refractivity contribution in [3.63, 3.8) is 0 Å². The Morgan fingerprint density at radius 1 is 1.05 bits per heavy atom. The van der Waals surface area contributed by atoms with Gasteiger partial charge >= 0.3 is 0 Å². The summed E-state index contributed by atoms with van der Waals surface area (Å²) in [7, 11) is 0. The molecule has 0 aromatic rings. The highest BCUT2D eigenvalue weighted by Crippen LogP contribution is 2.25. The molecule has 1 saturated carbocycles. The first kappa shape index (κ1) is 15.3. The zero-order valence-corrected chi connectivity index (χ0v) is 13.5. The second-order valence-corrected chi connectivity index (χ2v) is 7.59. The molecule has 2 aliphatic heterocycles. The fraction of sp³-hybridized carbons (Fsp3) is 0.941. The number of nitriles is 1. The van der Waals surface area contributed by atoms with Crippen molar-refractivity contribution in [2.75, 3.05) is 39.3 Å². The van der Waals surface area contributed by atoms with E-state index >= 15 is 0 Å². The average molecular weight is 290 g/mol. The molecule has 3 rings (SSSR count). The maximum Gasteiger partial charge on any atom is 0.116 e.